The second-order valence-corrected chi connectivity index (χ2v) is 6.99. The van der Waals surface area contributed by atoms with Crippen LogP contribution in [0.3, 0.4) is 0 Å². The summed E-state index contributed by atoms with van der Waals surface area (Å²) in [6, 6.07) is 11.7. The molecular formula is C15H13Cl2N3S. The molecule has 1 aromatic carbocycles. The van der Waals surface area contributed by atoms with Crippen LogP contribution in [-0.2, 0) is 6.42 Å². The fraction of sp³-hybridized carbons (Fsp3) is 0.133. The van der Waals surface area contributed by atoms with Crippen LogP contribution >= 0.6 is 34.5 Å². The van der Waals surface area contributed by atoms with Crippen LogP contribution in [-0.4, -0.2) is 9.97 Å². The van der Waals surface area contributed by atoms with E-state index in [9.17, 15) is 0 Å². The van der Waals surface area contributed by atoms with Gasteiger partial charge in [0.15, 0.2) is 0 Å². The van der Waals surface area contributed by atoms with Gasteiger partial charge in [0.1, 0.15) is 10.2 Å². The minimum atomic E-state index is -0.0910. The van der Waals surface area contributed by atoms with Gasteiger partial charge in [-0.15, -0.1) is 11.3 Å². The Morgan fingerprint density at radius 3 is 2.67 bits per heavy atom. The van der Waals surface area contributed by atoms with E-state index in [1.54, 1.807) is 6.20 Å². The molecule has 3 nitrogen and oxygen atoms in total. The van der Waals surface area contributed by atoms with E-state index < -0.39 is 0 Å². The highest BCUT2D eigenvalue weighted by molar-refractivity contribution is 7.20. The van der Waals surface area contributed by atoms with Gasteiger partial charge in [-0.25, -0.2) is 4.98 Å². The predicted octanol–water partition coefficient (Wildman–Crippen LogP) is 4.69. The smallest absolute Gasteiger partial charge is 0.108 e. The Balaban J connectivity index is 1.78. The highest BCUT2D eigenvalue weighted by Gasteiger charge is 2.13. The number of nitrogens with one attached hydrogen (secondary N) is 1. The van der Waals surface area contributed by atoms with Crippen LogP contribution in [0.4, 0.5) is 0 Å². The van der Waals surface area contributed by atoms with E-state index in [2.05, 4.69) is 9.97 Å². The Morgan fingerprint density at radius 1 is 1.24 bits per heavy atom. The first-order valence-electron chi connectivity index (χ1n) is 6.43. The van der Waals surface area contributed by atoms with Crippen molar-refractivity contribution in [1.82, 2.24) is 9.97 Å². The second-order valence-electron chi connectivity index (χ2n) is 4.70. The molecule has 2 heterocycles. The molecule has 0 spiro atoms. The molecule has 0 saturated carbocycles. The molecule has 3 aromatic rings. The third-order valence-electron chi connectivity index (χ3n) is 3.22. The topological polar surface area (TPSA) is 54.7 Å². The van der Waals surface area contributed by atoms with Crippen molar-refractivity contribution in [3.05, 3.63) is 62.7 Å². The maximum atomic E-state index is 6.20. The van der Waals surface area contributed by atoms with Gasteiger partial charge in [-0.1, -0.05) is 53.5 Å². The lowest BCUT2D eigenvalue weighted by Gasteiger charge is -2.09. The molecule has 1 unspecified atom stereocenters. The number of nitrogens with two attached hydrogens (primary N) is 1. The zero-order valence-electron chi connectivity index (χ0n) is 11.0. The molecule has 6 heteroatoms. The summed E-state index contributed by atoms with van der Waals surface area (Å²) in [5, 5.41) is 0. The standard InChI is InChI=1S/C15H13Cl2N3S/c16-13-6-10(15(17)21-13)12-8-19-14(20-12)7-11(18)9-4-2-1-3-5-9/h1-6,8,11H,7,18H2,(H,19,20). The molecule has 1 atom stereocenters. The van der Waals surface area contributed by atoms with E-state index in [1.165, 1.54) is 11.3 Å². The lowest BCUT2D eigenvalue weighted by atomic mass is 10.0. The van der Waals surface area contributed by atoms with Crippen LogP contribution in [0.5, 0.6) is 0 Å². The number of hydrogen-bond donors (Lipinski definition) is 2. The molecule has 0 radical (unpaired) electrons. The fourth-order valence-corrected chi connectivity index (χ4v) is 3.64. The van der Waals surface area contributed by atoms with Gasteiger partial charge in [-0.2, -0.15) is 0 Å². The first kappa shape index (κ1) is 14.6. The van der Waals surface area contributed by atoms with Gasteiger partial charge in [-0.3, -0.25) is 0 Å². The number of rotatable bonds is 4. The SMILES string of the molecule is NC(Cc1ncc(-c2cc(Cl)sc2Cl)[nH]1)c1ccccc1. The number of aromatic amines is 1. The molecule has 0 saturated heterocycles. The summed E-state index contributed by atoms with van der Waals surface area (Å²) in [5.41, 5.74) is 9.03. The molecule has 21 heavy (non-hydrogen) atoms. The predicted molar refractivity (Wildman–Crippen MR) is 89.0 cm³/mol. The fourth-order valence-electron chi connectivity index (χ4n) is 2.15. The van der Waals surface area contributed by atoms with Crippen molar-refractivity contribution in [3.8, 4) is 11.3 Å². The summed E-state index contributed by atoms with van der Waals surface area (Å²) in [7, 11) is 0. The Kier molecular flexibility index (Phi) is 4.31. The molecule has 2 aromatic heterocycles. The summed E-state index contributed by atoms with van der Waals surface area (Å²) in [5.74, 6) is 0.833. The first-order valence-corrected chi connectivity index (χ1v) is 8.00. The van der Waals surface area contributed by atoms with E-state index in [1.807, 2.05) is 36.4 Å². The second kappa shape index (κ2) is 6.20. The van der Waals surface area contributed by atoms with Gasteiger partial charge < -0.3 is 10.7 Å². The average Bonchev–Trinajstić information content (AvgIpc) is 3.06. The van der Waals surface area contributed by atoms with Crippen molar-refractivity contribution < 1.29 is 0 Å². The molecule has 0 aliphatic carbocycles. The van der Waals surface area contributed by atoms with E-state index in [4.69, 9.17) is 28.9 Å². The van der Waals surface area contributed by atoms with Crippen molar-refractivity contribution in [1.29, 1.82) is 0 Å². The van der Waals surface area contributed by atoms with E-state index in [0.29, 0.717) is 15.1 Å². The summed E-state index contributed by atoms with van der Waals surface area (Å²) in [6.45, 7) is 0. The van der Waals surface area contributed by atoms with Crippen LogP contribution in [0.25, 0.3) is 11.3 Å². The Bertz CT molecular complexity index is 736. The Labute approximate surface area is 136 Å². The molecule has 0 bridgehead atoms. The molecule has 3 N–H and O–H groups in total. The minimum Gasteiger partial charge on any atom is -0.342 e. The molecule has 0 amide bonds. The summed E-state index contributed by atoms with van der Waals surface area (Å²) in [4.78, 5) is 7.63. The Hall–Kier alpha value is -1.33. The van der Waals surface area contributed by atoms with Crippen LogP contribution in [0, 0.1) is 0 Å². The van der Waals surface area contributed by atoms with E-state index in [-0.39, 0.29) is 6.04 Å². The van der Waals surface area contributed by atoms with Gasteiger partial charge in [0.2, 0.25) is 0 Å². The van der Waals surface area contributed by atoms with E-state index in [0.717, 1.165) is 22.6 Å². The molecule has 0 fully saturated rings. The van der Waals surface area contributed by atoms with Crippen LogP contribution in [0.2, 0.25) is 8.67 Å². The maximum absolute atomic E-state index is 6.20. The number of aromatic nitrogens is 2. The molecule has 0 aliphatic rings. The number of nitrogens with zero attached hydrogens (tertiary/aromatic N) is 1. The van der Waals surface area contributed by atoms with Crippen molar-refractivity contribution in [2.24, 2.45) is 5.73 Å². The number of thiophene rings is 1. The van der Waals surface area contributed by atoms with Crippen molar-refractivity contribution in [2.75, 3.05) is 0 Å². The van der Waals surface area contributed by atoms with Gasteiger partial charge in [0.25, 0.3) is 0 Å². The largest absolute Gasteiger partial charge is 0.342 e. The Morgan fingerprint density at radius 2 is 2.00 bits per heavy atom. The van der Waals surface area contributed by atoms with Gasteiger partial charge in [0.05, 0.1) is 16.2 Å². The monoisotopic (exact) mass is 337 g/mol. The van der Waals surface area contributed by atoms with Crippen molar-refractivity contribution >= 4 is 34.5 Å². The van der Waals surface area contributed by atoms with Crippen LogP contribution in [0.1, 0.15) is 17.4 Å². The lowest BCUT2D eigenvalue weighted by molar-refractivity contribution is 0.695. The molecule has 108 valence electrons. The number of H-pyrrole nitrogens is 1. The number of benzene rings is 1. The number of hydrogen-bond acceptors (Lipinski definition) is 3. The van der Waals surface area contributed by atoms with Crippen LogP contribution < -0.4 is 5.73 Å². The summed E-state index contributed by atoms with van der Waals surface area (Å²) >= 11 is 13.5. The lowest BCUT2D eigenvalue weighted by Crippen LogP contribution is -2.13. The summed E-state index contributed by atoms with van der Waals surface area (Å²) in [6.07, 6.45) is 2.40. The van der Waals surface area contributed by atoms with Crippen molar-refractivity contribution in [3.63, 3.8) is 0 Å². The highest BCUT2D eigenvalue weighted by Crippen LogP contribution is 2.37. The first-order chi connectivity index (χ1) is 10.1. The minimum absolute atomic E-state index is 0.0910. The number of imidazole rings is 1. The third kappa shape index (κ3) is 3.30. The normalized spacial score (nSPS) is 12.5. The average molecular weight is 338 g/mol. The number of halogens is 2. The molecular weight excluding hydrogens is 325 g/mol. The molecule has 0 aliphatic heterocycles. The van der Waals surface area contributed by atoms with E-state index >= 15 is 0 Å². The van der Waals surface area contributed by atoms with Gasteiger partial charge in [-0.05, 0) is 11.6 Å². The van der Waals surface area contributed by atoms with Gasteiger partial charge >= 0.3 is 0 Å². The van der Waals surface area contributed by atoms with Crippen LogP contribution in [0.15, 0.2) is 42.6 Å². The van der Waals surface area contributed by atoms with Crippen molar-refractivity contribution in [2.45, 2.75) is 12.5 Å². The zero-order chi connectivity index (χ0) is 14.8. The maximum Gasteiger partial charge on any atom is 0.108 e. The summed E-state index contributed by atoms with van der Waals surface area (Å²) < 4.78 is 1.31. The third-order valence-corrected chi connectivity index (χ3v) is 4.70. The zero-order valence-corrected chi connectivity index (χ0v) is 13.3. The molecule has 3 rings (SSSR count). The quantitative estimate of drug-likeness (QED) is 0.725. The highest BCUT2D eigenvalue weighted by atomic mass is 35.5. The van der Waals surface area contributed by atoms with Gasteiger partial charge in [0, 0.05) is 18.0 Å².